The third-order valence-electron chi connectivity index (χ3n) is 3.70. The topological polar surface area (TPSA) is 55.8 Å². The quantitative estimate of drug-likeness (QED) is 0.746. The number of ether oxygens (including phenoxy) is 2. The summed E-state index contributed by atoms with van der Waals surface area (Å²) in [7, 11) is 3.28. The average molecular weight is 375 g/mol. The molecule has 6 heteroatoms. The Hall–Kier alpha value is -0.880. The average Bonchev–Trinajstić information content (AvgIpc) is 3.18. The number of rotatable bonds is 8. The maximum atomic E-state index is 10.9. The molecule has 0 unspecified atom stereocenters. The molecule has 0 saturated heterocycles. The van der Waals surface area contributed by atoms with Crippen molar-refractivity contribution < 1.29 is 19.4 Å². The van der Waals surface area contributed by atoms with Crippen molar-refractivity contribution in [3.8, 4) is 11.5 Å². The largest absolute Gasteiger partial charge is 0.496 e. The number of hydrogen-bond donors (Lipinski definition) is 1. The van der Waals surface area contributed by atoms with Crippen molar-refractivity contribution in [3.63, 3.8) is 0 Å². The second-order valence-electron chi connectivity index (χ2n) is 5.36. The summed E-state index contributed by atoms with van der Waals surface area (Å²) in [5, 5.41) is 8.94. The molecule has 0 radical (unpaired) electrons. The molecule has 0 aliphatic heterocycles. The molecule has 4 nitrogen and oxygen atoms in total. The Kier molecular flexibility index (Phi) is 5.43. The van der Waals surface area contributed by atoms with Gasteiger partial charge in [0.1, 0.15) is 11.5 Å². The van der Waals surface area contributed by atoms with E-state index >= 15 is 0 Å². The van der Waals surface area contributed by atoms with Crippen LogP contribution in [0.25, 0.3) is 0 Å². The summed E-state index contributed by atoms with van der Waals surface area (Å²) in [5.41, 5.74) is 1.08. The van der Waals surface area contributed by atoms with E-state index in [1.165, 1.54) is 0 Å². The molecule has 21 heavy (non-hydrogen) atoms. The highest BCUT2D eigenvalue weighted by atomic mass is 79.9. The van der Waals surface area contributed by atoms with Gasteiger partial charge < -0.3 is 14.6 Å². The van der Waals surface area contributed by atoms with Crippen molar-refractivity contribution in [3.05, 3.63) is 22.2 Å². The van der Waals surface area contributed by atoms with E-state index in [0.29, 0.717) is 0 Å². The predicted octanol–water partition coefficient (Wildman–Crippen LogP) is 3.95. The third kappa shape index (κ3) is 4.30. The van der Waals surface area contributed by atoms with E-state index in [-0.39, 0.29) is 11.8 Å². The molecule has 0 aromatic heterocycles. The predicted molar refractivity (Wildman–Crippen MR) is 87.3 cm³/mol. The summed E-state index contributed by atoms with van der Waals surface area (Å²) >= 11 is 5.20. The lowest BCUT2D eigenvalue weighted by Crippen LogP contribution is -2.11. The second-order valence-corrected chi connectivity index (χ2v) is 7.20. The monoisotopic (exact) mass is 374 g/mol. The molecule has 1 aromatic carbocycles. The fourth-order valence-electron chi connectivity index (χ4n) is 2.28. The van der Waals surface area contributed by atoms with Crippen LogP contribution < -0.4 is 9.47 Å². The lowest BCUT2D eigenvalue weighted by molar-refractivity contribution is -0.138. The number of carbonyl (C=O) groups is 1. The number of methoxy groups -OCH3 is 2. The second kappa shape index (κ2) is 6.92. The fraction of sp³-hybridized carbons (Fsp3) is 0.533. The number of carboxylic acid groups (broad SMARTS) is 1. The molecule has 1 aliphatic rings. The molecule has 116 valence electrons. The highest BCUT2D eigenvalue weighted by Gasteiger charge is 2.44. The number of aliphatic carboxylic acids is 1. The minimum absolute atomic E-state index is 0.0170. The van der Waals surface area contributed by atoms with Gasteiger partial charge >= 0.3 is 5.97 Å². The summed E-state index contributed by atoms with van der Waals surface area (Å²) < 4.78 is 11.6. The Balaban J connectivity index is 1.98. The van der Waals surface area contributed by atoms with Crippen LogP contribution in [0.5, 0.6) is 11.5 Å². The van der Waals surface area contributed by atoms with Crippen molar-refractivity contribution in [1.29, 1.82) is 0 Å². The molecular formula is C15H19BrO4S. The van der Waals surface area contributed by atoms with Crippen molar-refractivity contribution in [2.24, 2.45) is 5.41 Å². The Labute approximate surface area is 137 Å². The summed E-state index contributed by atoms with van der Waals surface area (Å²) in [6, 6.07) is 3.87. The van der Waals surface area contributed by atoms with Crippen LogP contribution in [0.15, 0.2) is 16.6 Å². The van der Waals surface area contributed by atoms with E-state index in [1.807, 2.05) is 12.1 Å². The van der Waals surface area contributed by atoms with Crippen LogP contribution in [0.4, 0.5) is 0 Å². The molecule has 0 bridgehead atoms. The standard InChI is InChI=1S/C15H19BrO4S/c1-19-12-6-11(16)13(20-2)5-10(12)8-21-9-15(3-4-15)7-14(17)18/h5-6H,3-4,7-9H2,1-2H3,(H,17,18). The molecule has 1 fully saturated rings. The number of benzene rings is 1. The van der Waals surface area contributed by atoms with E-state index in [2.05, 4.69) is 15.9 Å². The van der Waals surface area contributed by atoms with E-state index < -0.39 is 5.97 Å². The zero-order valence-corrected chi connectivity index (χ0v) is 14.6. The van der Waals surface area contributed by atoms with Crippen LogP contribution in [0.2, 0.25) is 0 Å². The molecule has 1 aromatic rings. The van der Waals surface area contributed by atoms with Gasteiger partial charge in [0, 0.05) is 11.3 Å². The summed E-state index contributed by atoms with van der Waals surface area (Å²) in [6.07, 6.45) is 2.32. The first-order chi connectivity index (χ1) is 9.99. The van der Waals surface area contributed by atoms with Crippen molar-refractivity contribution in [1.82, 2.24) is 0 Å². The lowest BCUT2D eigenvalue weighted by atomic mass is 10.1. The van der Waals surface area contributed by atoms with Crippen LogP contribution in [-0.4, -0.2) is 31.0 Å². The van der Waals surface area contributed by atoms with Crippen LogP contribution >= 0.6 is 27.7 Å². The first kappa shape index (κ1) is 16.5. The van der Waals surface area contributed by atoms with E-state index in [1.54, 1.807) is 26.0 Å². The van der Waals surface area contributed by atoms with Gasteiger partial charge in [0.2, 0.25) is 0 Å². The Morgan fingerprint density at radius 1 is 1.33 bits per heavy atom. The van der Waals surface area contributed by atoms with Crippen LogP contribution in [-0.2, 0) is 10.5 Å². The van der Waals surface area contributed by atoms with Gasteiger partial charge in [0.15, 0.2) is 0 Å². The van der Waals surface area contributed by atoms with E-state index in [9.17, 15) is 4.79 Å². The van der Waals surface area contributed by atoms with Gasteiger partial charge in [-0.2, -0.15) is 11.8 Å². The normalized spacial score (nSPS) is 15.6. The lowest BCUT2D eigenvalue weighted by Gasteiger charge is -2.14. The summed E-state index contributed by atoms with van der Waals surface area (Å²) in [4.78, 5) is 10.9. The minimum atomic E-state index is -0.698. The molecule has 0 heterocycles. The highest BCUT2D eigenvalue weighted by Crippen LogP contribution is 2.51. The van der Waals surface area contributed by atoms with E-state index in [4.69, 9.17) is 14.6 Å². The Bertz CT molecular complexity index is 529. The number of thioether (sulfide) groups is 1. The summed E-state index contributed by atoms with van der Waals surface area (Å²) in [5.74, 6) is 2.56. The maximum absolute atomic E-state index is 10.9. The van der Waals surface area contributed by atoms with Crippen molar-refractivity contribution in [2.75, 3.05) is 20.0 Å². The van der Waals surface area contributed by atoms with E-state index in [0.717, 1.165) is 45.9 Å². The smallest absolute Gasteiger partial charge is 0.303 e. The molecule has 2 rings (SSSR count). The molecular weight excluding hydrogens is 356 g/mol. The van der Waals surface area contributed by atoms with Gasteiger partial charge in [0.25, 0.3) is 0 Å². The van der Waals surface area contributed by atoms with Gasteiger partial charge in [-0.3, -0.25) is 4.79 Å². The molecule has 1 saturated carbocycles. The van der Waals surface area contributed by atoms with Crippen LogP contribution in [0.3, 0.4) is 0 Å². The highest BCUT2D eigenvalue weighted by molar-refractivity contribution is 9.10. The first-order valence-electron chi connectivity index (χ1n) is 6.69. The Morgan fingerprint density at radius 3 is 2.52 bits per heavy atom. The van der Waals surface area contributed by atoms with Crippen LogP contribution in [0.1, 0.15) is 24.8 Å². The Morgan fingerprint density at radius 2 is 2.00 bits per heavy atom. The van der Waals surface area contributed by atoms with Crippen molar-refractivity contribution >= 4 is 33.7 Å². The van der Waals surface area contributed by atoms with Gasteiger partial charge in [-0.25, -0.2) is 0 Å². The number of carboxylic acids is 1. The maximum Gasteiger partial charge on any atom is 0.303 e. The van der Waals surface area contributed by atoms with Gasteiger partial charge in [-0.05, 0) is 52.1 Å². The zero-order chi connectivity index (χ0) is 15.5. The third-order valence-corrected chi connectivity index (χ3v) is 5.66. The summed E-state index contributed by atoms with van der Waals surface area (Å²) in [6.45, 7) is 0. The van der Waals surface area contributed by atoms with Gasteiger partial charge in [-0.15, -0.1) is 0 Å². The number of halogens is 1. The fourth-order valence-corrected chi connectivity index (χ4v) is 4.14. The molecule has 1 aliphatic carbocycles. The molecule has 0 spiro atoms. The first-order valence-corrected chi connectivity index (χ1v) is 8.64. The molecule has 1 N–H and O–H groups in total. The number of hydrogen-bond acceptors (Lipinski definition) is 4. The minimum Gasteiger partial charge on any atom is -0.496 e. The SMILES string of the molecule is COc1cc(CSCC2(CC(=O)O)CC2)c(OC)cc1Br. The molecule has 0 atom stereocenters. The van der Waals surface area contributed by atoms with Gasteiger partial charge in [0.05, 0.1) is 25.1 Å². The molecule has 0 amide bonds. The van der Waals surface area contributed by atoms with Crippen molar-refractivity contribution in [2.45, 2.75) is 25.0 Å². The van der Waals surface area contributed by atoms with Gasteiger partial charge in [-0.1, -0.05) is 0 Å². The zero-order valence-electron chi connectivity index (χ0n) is 12.1. The van der Waals surface area contributed by atoms with Crippen LogP contribution in [0, 0.1) is 5.41 Å².